The molecule has 0 N–H and O–H groups in total. The number of aromatic nitrogens is 1. The second-order valence-electron chi connectivity index (χ2n) is 5.40. The van der Waals surface area contributed by atoms with Crippen LogP contribution in [0, 0.1) is 0 Å². The van der Waals surface area contributed by atoms with Gasteiger partial charge in [-0.25, -0.2) is 0 Å². The molecule has 0 aliphatic carbocycles. The van der Waals surface area contributed by atoms with Crippen molar-refractivity contribution >= 4 is 16.1 Å². The molecule has 0 saturated carbocycles. The predicted octanol–water partition coefficient (Wildman–Crippen LogP) is 1.42. The lowest BCUT2D eigenvalue weighted by molar-refractivity contribution is -0.155. The molecule has 23 heavy (non-hydrogen) atoms. The van der Waals surface area contributed by atoms with Gasteiger partial charge in [-0.15, -0.1) is 0 Å². The molecule has 0 fully saturated rings. The molecule has 7 nitrogen and oxygen atoms in total. The van der Waals surface area contributed by atoms with Crippen LogP contribution in [0.25, 0.3) is 0 Å². The first-order chi connectivity index (χ1) is 10.2. The first-order valence-electron chi connectivity index (χ1n) is 6.14. The average Bonchev–Trinajstić information content (AvgIpc) is 2.28. The van der Waals surface area contributed by atoms with Crippen LogP contribution in [0.2, 0.25) is 0 Å². The molecule has 0 aliphatic rings. The van der Waals surface area contributed by atoms with Crippen LogP contribution in [-0.4, -0.2) is 30.1 Å². The zero-order chi connectivity index (χ0) is 18.1. The zero-order valence-electron chi connectivity index (χ0n) is 12.4. The van der Waals surface area contributed by atoms with Crippen molar-refractivity contribution in [3.63, 3.8) is 0 Å². The fourth-order valence-electron chi connectivity index (χ4n) is 1.36. The lowest BCUT2D eigenvalue weighted by atomic mass is 10.2. The highest BCUT2D eigenvalue weighted by Gasteiger charge is 2.48. The lowest BCUT2D eigenvalue weighted by Gasteiger charge is -2.19. The fraction of sp³-hybridized carbons (Fsp3) is 0.500. The third-order valence-electron chi connectivity index (χ3n) is 2.18. The van der Waals surface area contributed by atoms with E-state index in [4.69, 9.17) is 4.74 Å². The molecule has 1 aromatic rings. The Morgan fingerprint density at radius 2 is 1.83 bits per heavy atom. The number of hydrogen-bond donors (Lipinski definition) is 0. The second-order valence-corrected chi connectivity index (χ2v) is 6.94. The molecule has 1 aromatic heterocycles. The van der Waals surface area contributed by atoms with Crippen LogP contribution in [0.4, 0.5) is 13.2 Å². The normalized spacial score (nSPS) is 12.8. The first kappa shape index (κ1) is 19.0. The van der Waals surface area contributed by atoms with Crippen molar-refractivity contribution in [2.24, 2.45) is 0 Å². The molecule has 0 radical (unpaired) electrons. The van der Waals surface area contributed by atoms with Crippen LogP contribution < -0.4 is 9.74 Å². The number of hydrogen-bond acceptors (Lipinski definition) is 6. The van der Waals surface area contributed by atoms with Crippen LogP contribution in [0.15, 0.2) is 23.1 Å². The van der Waals surface area contributed by atoms with Gasteiger partial charge in [-0.1, -0.05) is 0 Å². The van der Waals surface area contributed by atoms with E-state index in [1.165, 1.54) is 0 Å². The number of alkyl halides is 3. The summed E-state index contributed by atoms with van der Waals surface area (Å²) in [4.78, 5) is 23.2. The van der Waals surface area contributed by atoms with E-state index in [-0.39, 0.29) is 0 Å². The SMILES string of the molecule is CC(C)(C)OC(=O)Cn1ccc(OS(=O)(=O)C(F)(F)F)cc1=O. The number of esters is 1. The number of halogens is 3. The highest BCUT2D eigenvalue weighted by Crippen LogP contribution is 2.26. The average molecular weight is 357 g/mol. The van der Waals surface area contributed by atoms with Gasteiger partial charge in [0.15, 0.2) is 0 Å². The Morgan fingerprint density at radius 3 is 2.26 bits per heavy atom. The van der Waals surface area contributed by atoms with Gasteiger partial charge < -0.3 is 13.5 Å². The summed E-state index contributed by atoms with van der Waals surface area (Å²) in [5.41, 5.74) is -7.31. The molecule has 1 rings (SSSR count). The number of carbonyl (C=O) groups excluding carboxylic acids is 1. The minimum atomic E-state index is -5.87. The van der Waals surface area contributed by atoms with Crippen LogP contribution in [0.5, 0.6) is 5.75 Å². The summed E-state index contributed by atoms with van der Waals surface area (Å²) in [5.74, 6) is -1.55. The third-order valence-corrected chi connectivity index (χ3v) is 3.16. The first-order valence-corrected chi connectivity index (χ1v) is 7.55. The van der Waals surface area contributed by atoms with Crippen molar-refractivity contribution in [3.05, 3.63) is 28.7 Å². The maximum Gasteiger partial charge on any atom is 0.534 e. The van der Waals surface area contributed by atoms with Gasteiger partial charge in [0.2, 0.25) is 0 Å². The summed E-state index contributed by atoms with van der Waals surface area (Å²) in [7, 11) is -5.87. The molecule has 0 aliphatic heterocycles. The molecule has 0 unspecified atom stereocenters. The van der Waals surface area contributed by atoms with E-state index >= 15 is 0 Å². The van der Waals surface area contributed by atoms with E-state index < -0.39 is 45.1 Å². The Bertz CT molecular complexity index is 745. The van der Waals surface area contributed by atoms with Gasteiger partial charge in [-0.05, 0) is 26.8 Å². The van der Waals surface area contributed by atoms with Crippen molar-refractivity contribution < 1.29 is 35.3 Å². The molecular weight excluding hydrogens is 343 g/mol. The van der Waals surface area contributed by atoms with Crippen LogP contribution in [0.1, 0.15) is 20.8 Å². The number of carbonyl (C=O) groups is 1. The molecule has 0 saturated heterocycles. The summed E-state index contributed by atoms with van der Waals surface area (Å²) in [6, 6.07) is 1.34. The highest BCUT2D eigenvalue weighted by atomic mass is 32.2. The third kappa shape index (κ3) is 5.58. The Hall–Kier alpha value is -2.04. The second kappa shape index (κ2) is 6.22. The fourth-order valence-corrected chi connectivity index (χ4v) is 1.81. The maximum atomic E-state index is 12.2. The standard InChI is InChI=1S/C12H14F3NO6S/c1-11(2,3)21-10(18)7-16-5-4-8(6-9(16)17)22-23(19,20)12(13,14)15/h4-6H,7H2,1-3H3. The quantitative estimate of drug-likeness (QED) is 0.460. The lowest BCUT2D eigenvalue weighted by Crippen LogP contribution is -2.31. The summed E-state index contributed by atoms with van der Waals surface area (Å²) < 4.78 is 67.8. The summed E-state index contributed by atoms with van der Waals surface area (Å²) in [6.07, 6.45) is 0.924. The van der Waals surface area contributed by atoms with Crippen molar-refractivity contribution in [2.45, 2.75) is 38.4 Å². The zero-order valence-corrected chi connectivity index (χ0v) is 13.2. The summed E-state index contributed by atoms with van der Waals surface area (Å²) >= 11 is 0. The molecule has 0 aromatic carbocycles. The minimum Gasteiger partial charge on any atom is -0.459 e. The molecule has 0 amide bonds. The van der Waals surface area contributed by atoms with E-state index in [0.29, 0.717) is 6.07 Å². The van der Waals surface area contributed by atoms with Gasteiger partial charge >= 0.3 is 21.6 Å². The van der Waals surface area contributed by atoms with Crippen LogP contribution in [0.3, 0.4) is 0 Å². The molecule has 1 heterocycles. The van der Waals surface area contributed by atoms with Crippen molar-refractivity contribution in [1.29, 1.82) is 0 Å². The Labute approximate surface area is 129 Å². The Kier molecular flexibility index (Phi) is 5.14. The highest BCUT2D eigenvalue weighted by molar-refractivity contribution is 7.87. The molecule has 0 bridgehead atoms. The topological polar surface area (TPSA) is 91.7 Å². The van der Waals surface area contributed by atoms with Gasteiger partial charge in [0, 0.05) is 12.3 Å². The van der Waals surface area contributed by atoms with Crippen molar-refractivity contribution in [3.8, 4) is 5.75 Å². The molecule has 0 spiro atoms. The summed E-state index contributed by atoms with van der Waals surface area (Å²) in [6.45, 7) is 4.37. The molecule has 11 heteroatoms. The largest absolute Gasteiger partial charge is 0.534 e. The van der Waals surface area contributed by atoms with Crippen LogP contribution in [-0.2, 0) is 26.2 Å². The van der Waals surface area contributed by atoms with Crippen LogP contribution >= 0.6 is 0 Å². The van der Waals surface area contributed by atoms with E-state index in [1.807, 2.05) is 0 Å². The summed E-state index contributed by atoms with van der Waals surface area (Å²) in [5, 5.41) is 0. The maximum absolute atomic E-state index is 12.2. The van der Waals surface area contributed by atoms with Gasteiger partial charge in [-0.3, -0.25) is 9.59 Å². The van der Waals surface area contributed by atoms with Crippen molar-refractivity contribution in [2.75, 3.05) is 0 Å². The minimum absolute atomic E-state index is 0.484. The molecule has 0 atom stereocenters. The van der Waals surface area contributed by atoms with E-state index in [0.717, 1.165) is 16.8 Å². The van der Waals surface area contributed by atoms with Gasteiger partial charge in [0.1, 0.15) is 17.9 Å². The molecular formula is C12H14F3NO6S. The Morgan fingerprint density at radius 1 is 1.26 bits per heavy atom. The number of nitrogens with zero attached hydrogens (tertiary/aromatic N) is 1. The van der Waals surface area contributed by atoms with E-state index in [2.05, 4.69) is 4.18 Å². The van der Waals surface area contributed by atoms with Gasteiger partial charge in [0.05, 0.1) is 0 Å². The van der Waals surface area contributed by atoms with Gasteiger partial charge in [0.25, 0.3) is 5.56 Å². The van der Waals surface area contributed by atoms with E-state index in [1.54, 1.807) is 20.8 Å². The number of rotatable bonds is 4. The van der Waals surface area contributed by atoms with Crippen molar-refractivity contribution in [1.82, 2.24) is 4.57 Å². The predicted molar refractivity (Wildman–Crippen MR) is 72.1 cm³/mol. The number of ether oxygens (including phenoxy) is 1. The monoisotopic (exact) mass is 357 g/mol. The van der Waals surface area contributed by atoms with E-state index in [9.17, 15) is 31.2 Å². The molecule has 130 valence electrons. The smallest absolute Gasteiger partial charge is 0.459 e. The number of pyridine rings is 1. The van der Waals surface area contributed by atoms with Gasteiger partial charge in [-0.2, -0.15) is 21.6 Å². The Balaban J connectivity index is 2.92.